The van der Waals surface area contributed by atoms with Crippen molar-refractivity contribution < 1.29 is 8.42 Å². The Morgan fingerprint density at radius 1 is 1.17 bits per heavy atom. The number of nitrogens with one attached hydrogen (secondary N) is 3. The molecule has 0 aliphatic heterocycles. The van der Waals surface area contributed by atoms with Crippen molar-refractivity contribution >= 4 is 16.0 Å². The Hall–Kier alpha value is -1.60. The molecule has 0 atom stereocenters. The van der Waals surface area contributed by atoms with Gasteiger partial charge in [0.15, 0.2) is 5.96 Å². The molecule has 1 aromatic carbocycles. The second kappa shape index (κ2) is 8.48. The molecule has 24 heavy (non-hydrogen) atoms. The number of hydrogen-bond donors (Lipinski definition) is 3. The molecule has 1 fully saturated rings. The summed E-state index contributed by atoms with van der Waals surface area (Å²) in [7, 11) is -3.15. The number of rotatable bonds is 8. The first-order chi connectivity index (χ1) is 11.5. The maximum Gasteiger partial charge on any atom is 0.208 e. The van der Waals surface area contributed by atoms with Crippen LogP contribution in [0.3, 0.4) is 0 Å². The van der Waals surface area contributed by atoms with Crippen LogP contribution in [-0.2, 0) is 15.4 Å². The van der Waals surface area contributed by atoms with Gasteiger partial charge >= 0.3 is 0 Å². The van der Waals surface area contributed by atoms with Crippen LogP contribution in [0.4, 0.5) is 0 Å². The molecule has 0 aromatic heterocycles. The summed E-state index contributed by atoms with van der Waals surface area (Å²) in [5, 5.41) is 6.39. The highest BCUT2D eigenvalue weighted by molar-refractivity contribution is 7.88. The van der Waals surface area contributed by atoms with Crippen molar-refractivity contribution in [2.75, 3.05) is 32.4 Å². The van der Waals surface area contributed by atoms with Crippen molar-refractivity contribution in [1.82, 2.24) is 15.4 Å². The lowest BCUT2D eigenvalue weighted by molar-refractivity contribution is 0.253. The lowest BCUT2D eigenvalue weighted by Crippen LogP contribution is -2.43. The van der Waals surface area contributed by atoms with E-state index in [0.717, 1.165) is 38.1 Å². The van der Waals surface area contributed by atoms with Crippen LogP contribution in [0.2, 0.25) is 0 Å². The van der Waals surface area contributed by atoms with E-state index in [1.807, 2.05) is 13.0 Å². The minimum Gasteiger partial charge on any atom is -0.357 e. The Balaban J connectivity index is 1.94. The number of nitrogens with zero attached hydrogens (tertiary/aromatic N) is 1. The second-order valence-electron chi connectivity index (χ2n) is 6.29. The van der Waals surface area contributed by atoms with Gasteiger partial charge in [0.2, 0.25) is 10.0 Å². The zero-order valence-corrected chi connectivity index (χ0v) is 15.3. The standard InChI is InChI=1S/C17H28N4O2S/c1-3-18-16(19-12-13-21-24(2,22)23)20-14-17(10-7-11-17)15-8-5-4-6-9-15/h4-6,8-9,21H,3,7,10-14H2,1-2H3,(H2,18,19,20). The summed E-state index contributed by atoms with van der Waals surface area (Å²) in [5.41, 5.74) is 1.50. The minimum atomic E-state index is -3.15. The van der Waals surface area contributed by atoms with Crippen molar-refractivity contribution in [3.05, 3.63) is 35.9 Å². The number of aliphatic imine (C=N–C) groups is 1. The van der Waals surface area contributed by atoms with Crippen molar-refractivity contribution in [2.24, 2.45) is 4.99 Å². The lowest BCUT2D eigenvalue weighted by Gasteiger charge is -2.41. The largest absolute Gasteiger partial charge is 0.357 e. The Labute approximate surface area is 145 Å². The van der Waals surface area contributed by atoms with Crippen LogP contribution < -0.4 is 15.4 Å². The smallest absolute Gasteiger partial charge is 0.208 e. The van der Waals surface area contributed by atoms with E-state index in [0.29, 0.717) is 13.1 Å². The molecule has 0 bridgehead atoms. The highest BCUT2D eigenvalue weighted by atomic mass is 32.2. The van der Waals surface area contributed by atoms with Gasteiger partial charge in [0.05, 0.1) is 12.8 Å². The summed E-state index contributed by atoms with van der Waals surface area (Å²) >= 11 is 0. The molecular formula is C17H28N4O2S. The quantitative estimate of drug-likeness (QED) is 0.373. The van der Waals surface area contributed by atoms with E-state index in [2.05, 4.69) is 39.6 Å². The summed E-state index contributed by atoms with van der Waals surface area (Å²) in [6.07, 6.45) is 4.73. The Kier molecular flexibility index (Phi) is 6.62. The molecule has 0 amide bonds. The molecule has 0 heterocycles. The summed E-state index contributed by atoms with van der Waals surface area (Å²) < 4.78 is 24.6. The average molecular weight is 353 g/mol. The zero-order valence-electron chi connectivity index (χ0n) is 14.5. The van der Waals surface area contributed by atoms with Gasteiger partial charge in [-0.1, -0.05) is 36.8 Å². The lowest BCUT2D eigenvalue weighted by atomic mass is 9.64. The third-order valence-electron chi connectivity index (χ3n) is 4.36. The van der Waals surface area contributed by atoms with Crippen LogP contribution in [0.15, 0.2) is 35.3 Å². The van der Waals surface area contributed by atoms with E-state index in [9.17, 15) is 8.42 Å². The van der Waals surface area contributed by atoms with Crippen LogP contribution in [0.5, 0.6) is 0 Å². The van der Waals surface area contributed by atoms with E-state index in [1.165, 1.54) is 12.0 Å². The molecule has 134 valence electrons. The van der Waals surface area contributed by atoms with Gasteiger partial charge < -0.3 is 10.6 Å². The van der Waals surface area contributed by atoms with Crippen LogP contribution in [0.1, 0.15) is 31.7 Å². The monoisotopic (exact) mass is 352 g/mol. The topological polar surface area (TPSA) is 82.6 Å². The molecule has 2 rings (SSSR count). The molecule has 3 N–H and O–H groups in total. The van der Waals surface area contributed by atoms with Crippen molar-refractivity contribution in [2.45, 2.75) is 31.6 Å². The fourth-order valence-corrected chi connectivity index (χ4v) is 3.40. The van der Waals surface area contributed by atoms with Crippen LogP contribution in [-0.4, -0.2) is 46.8 Å². The Morgan fingerprint density at radius 3 is 2.42 bits per heavy atom. The minimum absolute atomic E-state index is 0.147. The maximum absolute atomic E-state index is 11.1. The van der Waals surface area contributed by atoms with E-state index >= 15 is 0 Å². The molecule has 0 saturated heterocycles. The molecule has 0 radical (unpaired) electrons. The third-order valence-corrected chi connectivity index (χ3v) is 5.09. The third kappa shape index (κ3) is 5.49. The molecule has 0 spiro atoms. The maximum atomic E-state index is 11.1. The zero-order chi connectivity index (χ0) is 17.5. The van der Waals surface area contributed by atoms with E-state index in [1.54, 1.807) is 0 Å². The van der Waals surface area contributed by atoms with Gasteiger partial charge in [-0.3, -0.25) is 4.99 Å². The molecule has 1 aromatic rings. The van der Waals surface area contributed by atoms with Crippen molar-refractivity contribution in [3.8, 4) is 0 Å². The first-order valence-corrected chi connectivity index (χ1v) is 10.4. The molecule has 7 heteroatoms. The first kappa shape index (κ1) is 18.7. The summed E-state index contributed by atoms with van der Waals surface area (Å²) in [6, 6.07) is 10.6. The summed E-state index contributed by atoms with van der Waals surface area (Å²) in [6.45, 7) is 4.36. The van der Waals surface area contributed by atoms with Gasteiger partial charge in [0, 0.05) is 25.0 Å². The van der Waals surface area contributed by atoms with Gasteiger partial charge in [-0.05, 0) is 25.3 Å². The fourth-order valence-electron chi connectivity index (χ4n) is 2.92. The predicted octanol–water partition coefficient (Wildman–Crippen LogP) is 1.21. The predicted molar refractivity (Wildman–Crippen MR) is 98.8 cm³/mol. The van der Waals surface area contributed by atoms with Crippen molar-refractivity contribution in [1.29, 1.82) is 0 Å². The van der Waals surface area contributed by atoms with E-state index in [4.69, 9.17) is 4.99 Å². The fraction of sp³-hybridized carbons (Fsp3) is 0.588. The molecule has 6 nitrogen and oxygen atoms in total. The highest BCUT2D eigenvalue weighted by Crippen LogP contribution is 2.43. The average Bonchev–Trinajstić information content (AvgIpc) is 2.50. The molecule has 0 unspecified atom stereocenters. The van der Waals surface area contributed by atoms with Gasteiger partial charge in [-0.15, -0.1) is 0 Å². The number of hydrogen-bond acceptors (Lipinski definition) is 3. The van der Waals surface area contributed by atoms with Gasteiger partial charge in [0.1, 0.15) is 0 Å². The van der Waals surface area contributed by atoms with Crippen LogP contribution in [0.25, 0.3) is 0 Å². The summed E-state index contributed by atoms with van der Waals surface area (Å²) in [4.78, 5) is 4.74. The summed E-state index contributed by atoms with van der Waals surface area (Å²) in [5.74, 6) is 0.731. The van der Waals surface area contributed by atoms with Gasteiger partial charge in [-0.25, -0.2) is 13.1 Å². The number of benzene rings is 1. The molecule has 1 saturated carbocycles. The molecule has 1 aliphatic rings. The molecular weight excluding hydrogens is 324 g/mol. The van der Waals surface area contributed by atoms with Crippen LogP contribution >= 0.6 is 0 Å². The van der Waals surface area contributed by atoms with Crippen LogP contribution in [0, 0.1) is 0 Å². The van der Waals surface area contributed by atoms with Gasteiger partial charge in [-0.2, -0.15) is 0 Å². The Morgan fingerprint density at radius 2 is 1.88 bits per heavy atom. The van der Waals surface area contributed by atoms with E-state index in [-0.39, 0.29) is 5.41 Å². The van der Waals surface area contributed by atoms with E-state index < -0.39 is 10.0 Å². The second-order valence-corrected chi connectivity index (χ2v) is 8.12. The van der Waals surface area contributed by atoms with Gasteiger partial charge in [0.25, 0.3) is 0 Å². The SMILES string of the molecule is CCNC(=NCC1(c2ccccc2)CCC1)NCCNS(C)(=O)=O. The van der Waals surface area contributed by atoms with Crippen molar-refractivity contribution in [3.63, 3.8) is 0 Å². The Bertz CT molecular complexity index is 640. The highest BCUT2D eigenvalue weighted by Gasteiger charge is 2.38. The number of sulfonamides is 1. The molecule has 1 aliphatic carbocycles. The normalized spacial score (nSPS) is 17.2. The first-order valence-electron chi connectivity index (χ1n) is 8.47. The number of guanidine groups is 1.